The SMILES string of the molecule is OC[C@H]1O[C@H](O[C@H]2[C@H](O)[C@@H](O)[C@@H](OC3CCCC3)O[C@@H]2CO)[C@H](O)[C@@H](O)[C@@H]1O. The second kappa shape index (κ2) is 9.58. The van der Waals surface area contributed by atoms with Crippen LogP contribution in [0.25, 0.3) is 0 Å². The van der Waals surface area contributed by atoms with Crippen LogP contribution in [0.15, 0.2) is 0 Å². The Labute approximate surface area is 162 Å². The largest absolute Gasteiger partial charge is 0.394 e. The molecule has 11 heteroatoms. The lowest BCUT2D eigenvalue weighted by atomic mass is 9.97. The molecule has 0 aromatic carbocycles. The summed E-state index contributed by atoms with van der Waals surface area (Å²) in [6.45, 7) is -1.21. The van der Waals surface area contributed by atoms with Gasteiger partial charge in [0.05, 0.1) is 19.3 Å². The normalized spacial score (nSPS) is 48.1. The molecule has 0 radical (unpaired) electrons. The van der Waals surface area contributed by atoms with E-state index < -0.39 is 74.6 Å². The summed E-state index contributed by atoms with van der Waals surface area (Å²) in [6, 6.07) is 0. The van der Waals surface area contributed by atoms with Gasteiger partial charge in [-0.05, 0) is 12.8 Å². The van der Waals surface area contributed by atoms with Crippen LogP contribution in [0, 0.1) is 0 Å². The van der Waals surface area contributed by atoms with Crippen LogP contribution in [0.1, 0.15) is 25.7 Å². The van der Waals surface area contributed by atoms with Crippen LogP contribution in [0.4, 0.5) is 0 Å². The molecule has 7 N–H and O–H groups in total. The van der Waals surface area contributed by atoms with Crippen LogP contribution in [0.2, 0.25) is 0 Å². The standard InChI is InChI=1S/C17H30O11/c18-5-8-10(20)11(21)13(23)17(26-8)28-15-9(6-19)27-16(14(24)12(15)22)25-7-3-1-2-4-7/h7-24H,1-6H2/t8-,9-,10-,11+,12-,13-,14-,15-,16+,17-/m1/s1. The van der Waals surface area contributed by atoms with Crippen molar-refractivity contribution in [3.8, 4) is 0 Å². The van der Waals surface area contributed by atoms with E-state index in [1.807, 2.05) is 0 Å². The second-order valence-electron chi connectivity index (χ2n) is 7.55. The van der Waals surface area contributed by atoms with Crippen molar-refractivity contribution in [3.05, 3.63) is 0 Å². The third kappa shape index (κ3) is 4.50. The topological polar surface area (TPSA) is 179 Å². The summed E-state index contributed by atoms with van der Waals surface area (Å²) in [5.74, 6) is 0. The van der Waals surface area contributed by atoms with E-state index in [1.165, 1.54) is 0 Å². The highest BCUT2D eigenvalue weighted by atomic mass is 16.7. The van der Waals surface area contributed by atoms with E-state index in [0.29, 0.717) is 0 Å². The molecule has 28 heavy (non-hydrogen) atoms. The van der Waals surface area contributed by atoms with E-state index in [4.69, 9.17) is 18.9 Å². The first-order valence-electron chi connectivity index (χ1n) is 9.61. The van der Waals surface area contributed by atoms with E-state index >= 15 is 0 Å². The van der Waals surface area contributed by atoms with Gasteiger partial charge in [-0.15, -0.1) is 0 Å². The van der Waals surface area contributed by atoms with Crippen LogP contribution in [0.3, 0.4) is 0 Å². The second-order valence-corrected chi connectivity index (χ2v) is 7.55. The third-order valence-electron chi connectivity index (χ3n) is 5.59. The van der Waals surface area contributed by atoms with Crippen molar-refractivity contribution in [1.82, 2.24) is 0 Å². The van der Waals surface area contributed by atoms with Crippen molar-refractivity contribution in [2.24, 2.45) is 0 Å². The molecule has 0 aromatic rings. The lowest BCUT2D eigenvalue weighted by Gasteiger charge is -2.46. The number of hydrogen-bond donors (Lipinski definition) is 7. The molecule has 0 unspecified atom stereocenters. The summed E-state index contributed by atoms with van der Waals surface area (Å²) < 4.78 is 22.0. The molecule has 1 saturated carbocycles. The van der Waals surface area contributed by atoms with Crippen LogP contribution >= 0.6 is 0 Å². The van der Waals surface area contributed by atoms with Gasteiger partial charge in [-0.25, -0.2) is 0 Å². The Bertz CT molecular complexity index is 484. The molecule has 11 nitrogen and oxygen atoms in total. The van der Waals surface area contributed by atoms with Gasteiger partial charge in [-0.2, -0.15) is 0 Å². The molecule has 0 amide bonds. The highest BCUT2D eigenvalue weighted by Crippen LogP contribution is 2.31. The number of aliphatic hydroxyl groups is 7. The molecule has 2 saturated heterocycles. The van der Waals surface area contributed by atoms with Gasteiger partial charge < -0.3 is 54.7 Å². The van der Waals surface area contributed by atoms with Crippen LogP contribution in [-0.4, -0.2) is 116 Å². The minimum Gasteiger partial charge on any atom is -0.394 e. The molecular weight excluding hydrogens is 380 g/mol. The minimum absolute atomic E-state index is 0.103. The summed E-state index contributed by atoms with van der Waals surface area (Å²) in [6.07, 6.45) is -10.7. The predicted molar refractivity (Wildman–Crippen MR) is 89.7 cm³/mol. The maximum Gasteiger partial charge on any atom is 0.187 e. The van der Waals surface area contributed by atoms with Crippen molar-refractivity contribution < 1.29 is 54.7 Å². The first-order valence-corrected chi connectivity index (χ1v) is 9.61. The van der Waals surface area contributed by atoms with E-state index in [-0.39, 0.29) is 6.10 Å². The van der Waals surface area contributed by atoms with Gasteiger partial charge in [-0.1, -0.05) is 12.8 Å². The fourth-order valence-electron chi connectivity index (χ4n) is 3.88. The van der Waals surface area contributed by atoms with Gasteiger partial charge in [0.25, 0.3) is 0 Å². The molecule has 0 aromatic heterocycles. The summed E-state index contributed by atoms with van der Waals surface area (Å²) in [5, 5.41) is 69.5. The van der Waals surface area contributed by atoms with Crippen molar-refractivity contribution in [2.45, 2.75) is 93.2 Å². The lowest BCUT2D eigenvalue weighted by molar-refractivity contribution is -0.362. The molecule has 0 bridgehead atoms. The summed E-state index contributed by atoms with van der Waals surface area (Å²) in [4.78, 5) is 0. The fraction of sp³-hybridized carbons (Fsp3) is 1.00. The number of aliphatic hydroxyl groups excluding tert-OH is 7. The van der Waals surface area contributed by atoms with E-state index in [0.717, 1.165) is 25.7 Å². The first-order chi connectivity index (χ1) is 13.4. The number of hydrogen-bond acceptors (Lipinski definition) is 11. The zero-order valence-electron chi connectivity index (χ0n) is 15.4. The predicted octanol–water partition coefficient (Wildman–Crippen LogP) is -3.43. The van der Waals surface area contributed by atoms with Gasteiger partial charge in [-0.3, -0.25) is 0 Å². The van der Waals surface area contributed by atoms with Gasteiger partial charge in [0.1, 0.15) is 48.8 Å². The Morgan fingerprint density at radius 1 is 0.643 bits per heavy atom. The molecule has 3 fully saturated rings. The Morgan fingerprint density at radius 3 is 1.79 bits per heavy atom. The smallest absolute Gasteiger partial charge is 0.187 e. The van der Waals surface area contributed by atoms with Gasteiger partial charge >= 0.3 is 0 Å². The Balaban J connectivity index is 1.67. The quantitative estimate of drug-likeness (QED) is 0.232. The summed E-state index contributed by atoms with van der Waals surface area (Å²) in [7, 11) is 0. The van der Waals surface area contributed by atoms with Crippen molar-refractivity contribution in [2.75, 3.05) is 13.2 Å². The van der Waals surface area contributed by atoms with Crippen molar-refractivity contribution >= 4 is 0 Å². The van der Waals surface area contributed by atoms with Crippen molar-refractivity contribution in [3.63, 3.8) is 0 Å². The average Bonchev–Trinajstić information content (AvgIpc) is 3.20. The molecule has 164 valence electrons. The van der Waals surface area contributed by atoms with Gasteiger partial charge in [0.2, 0.25) is 0 Å². The Hall–Kier alpha value is -0.440. The maximum atomic E-state index is 10.5. The van der Waals surface area contributed by atoms with E-state index in [2.05, 4.69) is 0 Å². The highest BCUT2D eigenvalue weighted by Gasteiger charge is 2.51. The molecule has 10 atom stereocenters. The monoisotopic (exact) mass is 410 g/mol. The van der Waals surface area contributed by atoms with Crippen LogP contribution in [0.5, 0.6) is 0 Å². The molecule has 3 rings (SSSR count). The fourth-order valence-corrected chi connectivity index (χ4v) is 3.88. The number of rotatable bonds is 6. The lowest BCUT2D eigenvalue weighted by Crippen LogP contribution is -2.64. The molecule has 1 aliphatic carbocycles. The zero-order valence-corrected chi connectivity index (χ0v) is 15.4. The summed E-state index contributed by atoms with van der Waals surface area (Å²) in [5.41, 5.74) is 0. The summed E-state index contributed by atoms with van der Waals surface area (Å²) >= 11 is 0. The number of ether oxygens (including phenoxy) is 4. The minimum atomic E-state index is -1.69. The highest BCUT2D eigenvalue weighted by molar-refractivity contribution is 4.94. The third-order valence-corrected chi connectivity index (χ3v) is 5.59. The zero-order chi connectivity index (χ0) is 20.4. The average molecular weight is 410 g/mol. The maximum absolute atomic E-state index is 10.5. The Morgan fingerprint density at radius 2 is 1.18 bits per heavy atom. The van der Waals surface area contributed by atoms with Gasteiger partial charge in [0.15, 0.2) is 12.6 Å². The van der Waals surface area contributed by atoms with E-state index in [1.54, 1.807) is 0 Å². The molecular formula is C17H30O11. The van der Waals surface area contributed by atoms with Gasteiger partial charge in [0, 0.05) is 0 Å². The molecule has 3 aliphatic rings. The molecule has 2 aliphatic heterocycles. The van der Waals surface area contributed by atoms with Crippen LogP contribution in [-0.2, 0) is 18.9 Å². The first kappa shape index (κ1) is 22.2. The Kier molecular flexibility index (Phi) is 7.61. The molecule has 0 spiro atoms. The molecule has 2 heterocycles. The van der Waals surface area contributed by atoms with E-state index in [9.17, 15) is 35.7 Å². The van der Waals surface area contributed by atoms with Crippen LogP contribution < -0.4 is 0 Å². The van der Waals surface area contributed by atoms with Crippen molar-refractivity contribution in [1.29, 1.82) is 0 Å².